The maximum atomic E-state index is 11.9. The lowest BCUT2D eigenvalue weighted by molar-refractivity contribution is -0.138. The number of hydrogen-bond donors (Lipinski definition) is 2. The molecule has 0 aromatic heterocycles. The van der Waals surface area contributed by atoms with E-state index in [4.69, 9.17) is 15.6 Å². The van der Waals surface area contributed by atoms with Gasteiger partial charge in [-0.2, -0.15) is 13.2 Å². The molecule has 0 heterocycles. The van der Waals surface area contributed by atoms with Gasteiger partial charge in [0.2, 0.25) is 0 Å². The molecule has 0 spiro atoms. The van der Waals surface area contributed by atoms with Crippen molar-refractivity contribution in [3.8, 4) is 0 Å². The molecular weight excluding hydrogens is 327 g/mol. The highest BCUT2D eigenvalue weighted by molar-refractivity contribution is 6.17. The molecule has 0 saturated heterocycles. The number of aliphatic carboxylic acids is 1. The Balaban J connectivity index is 0.000000243. The predicted octanol–water partition coefficient (Wildman–Crippen LogP) is 3.26. The molecule has 1 saturated carbocycles. The molecule has 8 heteroatoms. The zero-order chi connectivity index (χ0) is 18.3. The van der Waals surface area contributed by atoms with Crippen LogP contribution in [-0.2, 0) is 20.5 Å². The fraction of sp³-hybridized carbons (Fsp3) is 0.375. The Bertz CT molecular complexity index is 605. The van der Waals surface area contributed by atoms with Crippen molar-refractivity contribution in [1.82, 2.24) is 0 Å². The van der Waals surface area contributed by atoms with Crippen LogP contribution < -0.4 is 5.73 Å². The van der Waals surface area contributed by atoms with Crippen molar-refractivity contribution in [2.75, 3.05) is 12.3 Å². The summed E-state index contributed by atoms with van der Waals surface area (Å²) in [5.41, 5.74) is 4.63. The lowest BCUT2D eigenvalue weighted by Gasteiger charge is -2.05. The van der Waals surface area contributed by atoms with Gasteiger partial charge in [-0.3, -0.25) is 4.79 Å². The number of Topliss-reactive ketones (excluding diaryl/α,β-unsaturated/α-hetero) is 1. The Hall–Kier alpha value is -2.51. The monoisotopic (exact) mass is 345 g/mol. The third kappa shape index (κ3) is 6.31. The van der Waals surface area contributed by atoms with Gasteiger partial charge < -0.3 is 15.6 Å². The first-order valence-corrected chi connectivity index (χ1v) is 7.18. The number of nitrogen functional groups attached to an aromatic ring is 1. The number of hydrogen-bond acceptors (Lipinski definition) is 4. The molecule has 0 amide bonds. The number of ketones is 1. The number of ether oxygens (including phenoxy) is 1. The molecule has 0 radical (unpaired) electrons. The van der Waals surface area contributed by atoms with E-state index in [-0.39, 0.29) is 17.3 Å². The van der Waals surface area contributed by atoms with Gasteiger partial charge in [-0.1, -0.05) is 0 Å². The van der Waals surface area contributed by atoms with Crippen molar-refractivity contribution in [2.24, 2.45) is 5.92 Å². The summed E-state index contributed by atoms with van der Waals surface area (Å²) in [5, 5.41) is 8.68. The summed E-state index contributed by atoms with van der Waals surface area (Å²) in [4.78, 5) is 21.9. The van der Waals surface area contributed by atoms with E-state index in [1.165, 1.54) is 12.1 Å². The smallest absolute Gasteiger partial charge is 0.416 e. The van der Waals surface area contributed by atoms with Crippen LogP contribution in [-0.4, -0.2) is 23.5 Å². The van der Waals surface area contributed by atoms with Crippen molar-refractivity contribution >= 4 is 17.4 Å². The SMILES string of the molecule is CCO/C=C(/C(=O)O)C(=O)C1CC1.Nc1ccc(C(F)(F)F)cc1. The molecule has 24 heavy (non-hydrogen) atoms. The molecule has 3 N–H and O–H groups in total. The second-order valence-corrected chi connectivity index (χ2v) is 5.05. The second kappa shape index (κ2) is 8.37. The minimum absolute atomic E-state index is 0.0807. The van der Waals surface area contributed by atoms with E-state index >= 15 is 0 Å². The fourth-order valence-corrected chi connectivity index (χ4v) is 1.62. The average Bonchev–Trinajstić information content (AvgIpc) is 3.32. The highest BCUT2D eigenvalue weighted by Crippen LogP contribution is 2.32. The molecule has 0 aliphatic heterocycles. The van der Waals surface area contributed by atoms with Gasteiger partial charge in [0.1, 0.15) is 11.8 Å². The number of carbonyl (C=O) groups is 2. The van der Waals surface area contributed by atoms with Crippen molar-refractivity contribution in [3.05, 3.63) is 41.7 Å². The standard InChI is InChI=1S/C9H12O4.C7H6F3N/c1-2-13-5-7(9(11)12)8(10)6-3-4-6;8-7(9,10)5-1-3-6(11)4-2-5/h5-6H,2-4H2,1H3,(H,11,12);1-4H,11H2/b7-5+;. The van der Waals surface area contributed by atoms with Gasteiger partial charge in [0.05, 0.1) is 12.2 Å². The summed E-state index contributed by atoms with van der Waals surface area (Å²) in [6.07, 6.45) is -1.62. The molecule has 132 valence electrons. The van der Waals surface area contributed by atoms with E-state index < -0.39 is 17.7 Å². The first-order chi connectivity index (χ1) is 11.2. The Kier molecular flexibility index (Phi) is 6.82. The first-order valence-electron chi connectivity index (χ1n) is 7.18. The zero-order valence-corrected chi connectivity index (χ0v) is 13.0. The first kappa shape index (κ1) is 19.5. The van der Waals surface area contributed by atoms with Crippen LogP contribution in [0.1, 0.15) is 25.3 Å². The van der Waals surface area contributed by atoms with Crippen LogP contribution in [0, 0.1) is 5.92 Å². The van der Waals surface area contributed by atoms with E-state index in [0.717, 1.165) is 31.2 Å². The second-order valence-electron chi connectivity index (χ2n) is 5.05. The van der Waals surface area contributed by atoms with Crippen LogP contribution in [0.5, 0.6) is 0 Å². The Morgan fingerprint density at radius 2 is 1.83 bits per heavy atom. The number of halogens is 3. The molecule has 1 aromatic carbocycles. The van der Waals surface area contributed by atoms with Gasteiger partial charge in [-0.25, -0.2) is 4.79 Å². The topological polar surface area (TPSA) is 89.6 Å². The molecule has 1 fully saturated rings. The number of rotatable bonds is 5. The maximum absolute atomic E-state index is 11.9. The van der Waals surface area contributed by atoms with Crippen molar-refractivity contribution < 1.29 is 32.6 Å². The van der Waals surface area contributed by atoms with Gasteiger partial charge in [-0.05, 0) is 44.0 Å². The number of alkyl halides is 3. The van der Waals surface area contributed by atoms with Crippen molar-refractivity contribution in [3.63, 3.8) is 0 Å². The van der Waals surface area contributed by atoms with E-state index in [9.17, 15) is 22.8 Å². The number of carboxylic acid groups (broad SMARTS) is 1. The molecule has 2 rings (SSSR count). The highest BCUT2D eigenvalue weighted by atomic mass is 19.4. The van der Waals surface area contributed by atoms with Gasteiger partial charge in [0.25, 0.3) is 0 Å². The van der Waals surface area contributed by atoms with Crippen LogP contribution in [0.25, 0.3) is 0 Å². The molecule has 1 aromatic rings. The van der Waals surface area contributed by atoms with Crippen LogP contribution in [0.3, 0.4) is 0 Å². The van der Waals surface area contributed by atoms with Gasteiger partial charge in [-0.15, -0.1) is 0 Å². The van der Waals surface area contributed by atoms with Gasteiger partial charge >= 0.3 is 12.1 Å². The van der Waals surface area contributed by atoms with Crippen molar-refractivity contribution in [1.29, 1.82) is 0 Å². The van der Waals surface area contributed by atoms with Crippen LogP contribution in [0.2, 0.25) is 0 Å². The summed E-state index contributed by atoms with van der Waals surface area (Å²) < 4.78 is 40.4. The molecule has 1 aliphatic carbocycles. The Labute approximate surface area is 136 Å². The number of nitrogens with two attached hydrogens (primary N) is 1. The lowest BCUT2D eigenvalue weighted by Crippen LogP contribution is -2.14. The molecule has 0 bridgehead atoms. The largest absolute Gasteiger partial charge is 0.500 e. The summed E-state index contributed by atoms with van der Waals surface area (Å²) in [5.74, 6) is -1.59. The highest BCUT2D eigenvalue weighted by Gasteiger charge is 2.34. The maximum Gasteiger partial charge on any atom is 0.416 e. The minimum Gasteiger partial charge on any atom is -0.500 e. The predicted molar refractivity (Wildman–Crippen MR) is 80.9 cm³/mol. The van der Waals surface area contributed by atoms with E-state index in [1.807, 2.05) is 0 Å². The molecule has 1 aliphatic rings. The van der Waals surface area contributed by atoms with Gasteiger partial charge in [0.15, 0.2) is 5.78 Å². The Morgan fingerprint density at radius 1 is 1.29 bits per heavy atom. The van der Waals surface area contributed by atoms with E-state index in [1.54, 1.807) is 6.92 Å². The normalized spacial score (nSPS) is 14.4. The number of carbonyl (C=O) groups excluding carboxylic acids is 1. The fourth-order valence-electron chi connectivity index (χ4n) is 1.62. The van der Waals surface area contributed by atoms with E-state index in [0.29, 0.717) is 12.3 Å². The molecule has 5 nitrogen and oxygen atoms in total. The van der Waals surface area contributed by atoms with Crippen LogP contribution >= 0.6 is 0 Å². The van der Waals surface area contributed by atoms with Crippen LogP contribution in [0.15, 0.2) is 36.1 Å². The van der Waals surface area contributed by atoms with E-state index in [2.05, 4.69) is 0 Å². The van der Waals surface area contributed by atoms with Gasteiger partial charge in [0, 0.05) is 11.6 Å². The summed E-state index contributed by atoms with van der Waals surface area (Å²) in [7, 11) is 0. The minimum atomic E-state index is -4.27. The molecule has 0 unspecified atom stereocenters. The van der Waals surface area contributed by atoms with Crippen LogP contribution in [0.4, 0.5) is 18.9 Å². The molecular formula is C16H18F3NO4. The third-order valence-electron chi connectivity index (χ3n) is 3.05. The summed E-state index contributed by atoms with van der Waals surface area (Å²) in [6.45, 7) is 2.10. The summed E-state index contributed by atoms with van der Waals surface area (Å²) in [6, 6.07) is 4.36. The third-order valence-corrected chi connectivity index (χ3v) is 3.05. The quantitative estimate of drug-likeness (QED) is 0.281. The zero-order valence-electron chi connectivity index (χ0n) is 13.0. The summed E-state index contributed by atoms with van der Waals surface area (Å²) >= 11 is 0. The number of carboxylic acids is 1. The number of benzene rings is 1. The average molecular weight is 345 g/mol. The molecule has 0 atom stereocenters. The van der Waals surface area contributed by atoms with Crippen molar-refractivity contribution in [2.45, 2.75) is 25.9 Å². The Morgan fingerprint density at radius 3 is 2.21 bits per heavy atom. The lowest BCUT2D eigenvalue weighted by atomic mass is 10.1. The number of anilines is 1.